The fraction of sp³-hybridized carbons (Fsp3) is 0.316. The molecule has 4 rings (SSSR count). The van der Waals surface area contributed by atoms with Gasteiger partial charge in [0.05, 0.1) is 0 Å². The normalized spacial score (nSPS) is 11.9. The van der Waals surface area contributed by atoms with Gasteiger partial charge in [0, 0.05) is 36.2 Å². The Morgan fingerprint density at radius 1 is 1.15 bits per heavy atom. The molecule has 0 fully saturated rings. The van der Waals surface area contributed by atoms with Gasteiger partial charge < -0.3 is 0 Å². The molecule has 4 aromatic rings. The van der Waals surface area contributed by atoms with E-state index in [4.69, 9.17) is 11.6 Å². The maximum atomic E-state index is 13.1. The highest BCUT2D eigenvalue weighted by Crippen LogP contribution is 2.22. The van der Waals surface area contributed by atoms with Gasteiger partial charge >= 0.3 is 5.69 Å². The van der Waals surface area contributed by atoms with E-state index in [0.29, 0.717) is 28.5 Å². The zero-order chi connectivity index (χ0) is 19.5. The second-order valence-electron chi connectivity index (χ2n) is 7.19. The Morgan fingerprint density at radius 2 is 1.81 bits per heavy atom. The first kappa shape index (κ1) is 17.6. The minimum Gasteiger partial charge on any atom is -0.283 e. The summed E-state index contributed by atoms with van der Waals surface area (Å²) >= 11 is 6.00. The molecule has 7 nitrogen and oxygen atoms in total. The van der Waals surface area contributed by atoms with Crippen LogP contribution in [0.2, 0.25) is 5.02 Å². The summed E-state index contributed by atoms with van der Waals surface area (Å²) in [6, 6.07) is 7.40. The molecule has 27 heavy (non-hydrogen) atoms. The minimum absolute atomic E-state index is 0.177. The standard InChI is InChI=1S/C19H20ClN5O2/c1-11(2)9-24-17(26)15-16(22(4)19(24)27)21-18-23(15)10-12(3)25(18)14-7-5-13(20)6-8-14/h5-8,10-11H,9H2,1-4H3. The summed E-state index contributed by atoms with van der Waals surface area (Å²) < 4.78 is 6.43. The second kappa shape index (κ2) is 6.13. The Labute approximate surface area is 160 Å². The number of halogens is 1. The van der Waals surface area contributed by atoms with Crippen LogP contribution in [0, 0.1) is 12.8 Å². The van der Waals surface area contributed by atoms with Gasteiger partial charge in [-0.2, -0.15) is 4.98 Å². The Kier molecular flexibility index (Phi) is 3.99. The first-order chi connectivity index (χ1) is 12.8. The number of hydrogen-bond acceptors (Lipinski definition) is 3. The lowest BCUT2D eigenvalue weighted by Crippen LogP contribution is -2.40. The SMILES string of the molecule is Cc1cn2c3c(=O)n(CC(C)C)c(=O)n(C)c3nc2n1-c1ccc(Cl)cc1. The van der Waals surface area contributed by atoms with Gasteiger partial charge in [0.2, 0.25) is 5.78 Å². The number of imidazole rings is 2. The molecule has 0 amide bonds. The molecule has 0 saturated heterocycles. The maximum absolute atomic E-state index is 13.1. The van der Waals surface area contributed by atoms with Crippen molar-refractivity contribution in [2.24, 2.45) is 13.0 Å². The molecule has 1 aromatic carbocycles. The molecule has 0 aliphatic carbocycles. The van der Waals surface area contributed by atoms with Gasteiger partial charge in [-0.1, -0.05) is 25.4 Å². The fourth-order valence-electron chi connectivity index (χ4n) is 3.45. The third-order valence-corrected chi connectivity index (χ3v) is 4.91. The van der Waals surface area contributed by atoms with Crippen LogP contribution in [0.5, 0.6) is 0 Å². The van der Waals surface area contributed by atoms with Crippen LogP contribution in [-0.2, 0) is 13.6 Å². The van der Waals surface area contributed by atoms with Crippen LogP contribution < -0.4 is 11.2 Å². The summed E-state index contributed by atoms with van der Waals surface area (Å²) in [6.07, 6.45) is 1.87. The lowest BCUT2D eigenvalue weighted by Gasteiger charge is -2.09. The van der Waals surface area contributed by atoms with Crippen molar-refractivity contribution in [3.8, 4) is 5.69 Å². The van der Waals surface area contributed by atoms with Gasteiger partial charge in [0.25, 0.3) is 5.56 Å². The topological polar surface area (TPSA) is 66.2 Å². The first-order valence-electron chi connectivity index (χ1n) is 8.75. The Bertz CT molecular complexity index is 1290. The first-order valence-corrected chi connectivity index (χ1v) is 9.13. The van der Waals surface area contributed by atoms with Crippen LogP contribution in [-0.4, -0.2) is 23.1 Å². The summed E-state index contributed by atoms with van der Waals surface area (Å²) in [6.45, 7) is 6.27. The van der Waals surface area contributed by atoms with Crippen LogP contribution >= 0.6 is 11.6 Å². The van der Waals surface area contributed by atoms with E-state index in [1.54, 1.807) is 23.6 Å². The third kappa shape index (κ3) is 2.61. The number of aromatic nitrogens is 5. The van der Waals surface area contributed by atoms with E-state index in [1.165, 1.54) is 9.13 Å². The lowest BCUT2D eigenvalue weighted by molar-refractivity contribution is 0.484. The van der Waals surface area contributed by atoms with E-state index in [2.05, 4.69) is 4.98 Å². The van der Waals surface area contributed by atoms with Gasteiger partial charge in [-0.15, -0.1) is 0 Å². The van der Waals surface area contributed by atoms with Crippen molar-refractivity contribution in [1.29, 1.82) is 0 Å². The molecule has 3 aromatic heterocycles. The molecule has 0 saturated carbocycles. The van der Waals surface area contributed by atoms with Crippen molar-refractivity contribution < 1.29 is 0 Å². The summed E-state index contributed by atoms with van der Waals surface area (Å²) in [5, 5.41) is 0.645. The van der Waals surface area contributed by atoms with Crippen molar-refractivity contribution in [2.45, 2.75) is 27.3 Å². The summed E-state index contributed by atoms with van der Waals surface area (Å²) in [5.41, 5.74) is 1.92. The van der Waals surface area contributed by atoms with Crippen LogP contribution in [0.25, 0.3) is 22.6 Å². The van der Waals surface area contributed by atoms with Crippen molar-refractivity contribution in [3.05, 3.63) is 62.0 Å². The largest absolute Gasteiger partial charge is 0.332 e. The zero-order valence-electron chi connectivity index (χ0n) is 15.6. The summed E-state index contributed by atoms with van der Waals surface area (Å²) in [7, 11) is 1.65. The lowest BCUT2D eigenvalue weighted by atomic mass is 10.2. The maximum Gasteiger partial charge on any atom is 0.332 e. The number of hydrogen-bond donors (Lipinski definition) is 0. The van der Waals surface area contributed by atoms with Crippen molar-refractivity contribution in [3.63, 3.8) is 0 Å². The Morgan fingerprint density at radius 3 is 2.44 bits per heavy atom. The third-order valence-electron chi connectivity index (χ3n) is 4.66. The Balaban J connectivity index is 2.10. The van der Waals surface area contributed by atoms with Crippen molar-refractivity contribution >= 4 is 28.5 Å². The van der Waals surface area contributed by atoms with Crippen LogP contribution in [0.1, 0.15) is 19.5 Å². The molecular formula is C19H20ClN5O2. The van der Waals surface area contributed by atoms with Crippen molar-refractivity contribution in [1.82, 2.24) is 23.1 Å². The number of benzene rings is 1. The van der Waals surface area contributed by atoms with E-state index < -0.39 is 0 Å². The molecule has 0 unspecified atom stereocenters. The highest BCUT2D eigenvalue weighted by Gasteiger charge is 2.21. The molecule has 0 aliphatic heterocycles. The molecule has 8 heteroatoms. The number of fused-ring (bicyclic) bond motifs is 3. The van der Waals surface area contributed by atoms with Crippen LogP contribution in [0.3, 0.4) is 0 Å². The summed E-state index contributed by atoms with van der Waals surface area (Å²) in [4.78, 5) is 30.3. The quantitative estimate of drug-likeness (QED) is 0.544. The second-order valence-corrected chi connectivity index (χ2v) is 7.62. The minimum atomic E-state index is -0.350. The van der Waals surface area contributed by atoms with Crippen LogP contribution in [0.4, 0.5) is 0 Å². The molecular weight excluding hydrogens is 366 g/mol. The monoisotopic (exact) mass is 385 g/mol. The smallest absolute Gasteiger partial charge is 0.283 e. The molecule has 3 heterocycles. The van der Waals surface area contributed by atoms with E-state index in [1.807, 2.05) is 43.7 Å². The van der Waals surface area contributed by atoms with Gasteiger partial charge in [-0.05, 0) is 37.1 Å². The van der Waals surface area contributed by atoms with E-state index in [0.717, 1.165) is 11.4 Å². The van der Waals surface area contributed by atoms with Gasteiger partial charge in [0.1, 0.15) is 0 Å². The number of aryl methyl sites for hydroxylation is 2. The predicted molar refractivity (Wildman–Crippen MR) is 106 cm³/mol. The molecule has 0 N–H and O–H groups in total. The highest BCUT2D eigenvalue weighted by molar-refractivity contribution is 6.30. The predicted octanol–water partition coefficient (Wildman–Crippen LogP) is 2.76. The highest BCUT2D eigenvalue weighted by atomic mass is 35.5. The molecule has 0 radical (unpaired) electrons. The number of nitrogens with zero attached hydrogens (tertiary/aromatic N) is 5. The van der Waals surface area contributed by atoms with Gasteiger partial charge in [0.15, 0.2) is 11.2 Å². The van der Waals surface area contributed by atoms with E-state index >= 15 is 0 Å². The van der Waals surface area contributed by atoms with Crippen LogP contribution in [0.15, 0.2) is 40.1 Å². The van der Waals surface area contributed by atoms with E-state index in [9.17, 15) is 9.59 Å². The Hall–Kier alpha value is -2.80. The molecule has 0 aliphatic rings. The van der Waals surface area contributed by atoms with Crippen molar-refractivity contribution in [2.75, 3.05) is 0 Å². The number of rotatable bonds is 3. The molecule has 0 atom stereocenters. The van der Waals surface area contributed by atoms with E-state index in [-0.39, 0.29) is 17.2 Å². The molecule has 0 spiro atoms. The average Bonchev–Trinajstić information content (AvgIpc) is 3.12. The fourth-order valence-corrected chi connectivity index (χ4v) is 3.57. The average molecular weight is 386 g/mol. The van der Waals surface area contributed by atoms with Gasteiger partial charge in [-0.3, -0.25) is 22.9 Å². The summed E-state index contributed by atoms with van der Waals surface area (Å²) in [5.74, 6) is 0.760. The van der Waals surface area contributed by atoms with Gasteiger partial charge in [-0.25, -0.2) is 4.79 Å². The molecule has 0 bridgehead atoms. The zero-order valence-corrected chi connectivity index (χ0v) is 16.4. The molecule has 140 valence electrons.